The lowest BCUT2D eigenvalue weighted by atomic mass is 10.2. The van der Waals surface area contributed by atoms with Crippen LogP contribution in [-0.2, 0) is 0 Å². The van der Waals surface area contributed by atoms with E-state index in [0.29, 0.717) is 18.3 Å². The molecule has 2 atom stereocenters. The molecular formula is C11H18N8O. The minimum atomic E-state index is -0.403. The van der Waals surface area contributed by atoms with Crippen molar-refractivity contribution in [2.45, 2.75) is 32.4 Å². The highest BCUT2D eigenvalue weighted by Gasteiger charge is 2.11. The smallest absolute Gasteiger partial charge is 0.243 e. The monoisotopic (exact) mass is 278 g/mol. The maximum absolute atomic E-state index is 9.37. The normalized spacial score (nSPS) is 13.8. The average Bonchev–Trinajstić information content (AvgIpc) is 2.91. The standard InChI is InChI=1S/C11H18N8O/c1-7(5-8(2)20)14-9-15-10(18-12)17-11(16-9)19-4-3-13-6-19/h3-4,6-8,20H,5,12H2,1-2H3,(H2,14,15,16,17,18). The van der Waals surface area contributed by atoms with E-state index in [1.54, 1.807) is 30.2 Å². The van der Waals surface area contributed by atoms with Gasteiger partial charge >= 0.3 is 0 Å². The van der Waals surface area contributed by atoms with E-state index in [1.165, 1.54) is 0 Å². The summed E-state index contributed by atoms with van der Waals surface area (Å²) in [6.07, 6.45) is 5.11. The summed E-state index contributed by atoms with van der Waals surface area (Å²) in [5.41, 5.74) is 2.40. The van der Waals surface area contributed by atoms with E-state index in [1.807, 2.05) is 6.92 Å². The predicted molar refractivity (Wildman–Crippen MR) is 74.1 cm³/mol. The fraction of sp³-hybridized carbons (Fsp3) is 0.455. The molecular weight excluding hydrogens is 260 g/mol. The second-order valence-corrected chi connectivity index (χ2v) is 4.53. The van der Waals surface area contributed by atoms with Gasteiger partial charge in [-0.1, -0.05) is 0 Å². The summed E-state index contributed by atoms with van der Waals surface area (Å²) in [4.78, 5) is 16.5. The number of nitrogens with two attached hydrogens (primary N) is 1. The first-order valence-electron chi connectivity index (χ1n) is 6.24. The average molecular weight is 278 g/mol. The summed E-state index contributed by atoms with van der Waals surface area (Å²) in [7, 11) is 0. The molecule has 0 aliphatic rings. The van der Waals surface area contributed by atoms with Crippen molar-refractivity contribution in [2.24, 2.45) is 5.84 Å². The molecule has 0 spiro atoms. The third kappa shape index (κ3) is 3.62. The first-order valence-corrected chi connectivity index (χ1v) is 6.24. The molecule has 0 saturated carbocycles. The first-order chi connectivity index (χ1) is 9.58. The highest BCUT2D eigenvalue weighted by molar-refractivity contribution is 5.37. The number of aromatic nitrogens is 5. The molecule has 2 aromatic heterocycles. The summed E-state index contributed by atoms with van der Waals surface area (Å²) < 4.78 is 1.65. The number of anilines is 2. The lowest BCUT2D eigenvalue weighted by molar-refractivity contribution is 0.179. The zero-order valence-corrected chi connectivity index (χ0v) is 11.4. The van der Waals surface area contributed by atoms with Crippen LogP contribution in [-0.4, -0.2) is 41.8 Å². The van der Waals surface area contributed by atoms with Crippen molar-refractivity contribution in [3.8, 4) is 5.95 Å². The van der Waals surface area contributed by atoms with Crippen molar-refractivity contribution in [1.82, 2.24) is 24.5 Å². The van der Waals surface area contributed by atoms with E-state index in [-0.39, 0.29) is 12.0 Å². The molecule has 0 aliphatic heterocycles. The molecule has 0 bridgehead atoms. The quantitative estimate of drug-likeness (QED) is 0.426. The van der Waals surface area contributed by atoms with Crippen LogP contribution in [0.3, 0.4) is 0 Å². The number of nitrogen functional groups attached to an aromatic ring is 1. The van der Waals surface area contributed by atoms with Gasteiger partial charge in [-0.2, -0.15) is 15.0 Å². The second-order valence-electron chi connectivity index (χ2n) is 4.53. The molecule has 0 amide bonds. The van der Waals surface area contributed by atoms with Gasteiger partial charge in [-0.3, -0.25) is 9.99 Å². The van der Waals surface area contributed by atoms with E-state index in [2.05, 4.69) is 30.7 Å². The largest absolute Gasteiger partial charge is 0.393 e. The van der Waals surface area contributed by atoms with Gasteiger partial charge in [-0.25, -0.2) is 10.8 Å². The van der Waals surface area contributed by atoms with Crippen LogP contribution in [0.1, 0.15) is 20.3 Å². The Balaban J connectivity index is 2.22. The van der Waals surface area contributed by atoms with Gasteiger partial charge in [0.25, 0.3) is 0 Å². The van der Waals surface area contributed by atoms with Crippen LogP contribution in [0, 0.1) is 0 Å². The van der Waals surface area contributed by atoms with Crippen LogP contribution in [0.4, 0.5) is 11.9 Å². The van der Waals surface area contributed by atoms with E-state index >= 15 is 0 Å². The summed E-state index contributed by atoms with van der Waals surface area (Å²) in [6, 6.07) is 0.0126. The minimum absolute atomic E-state index is 0.0126. The van der Waals surface area contributed by atoms with Crippen LogP contribution in [0.5, 0.6) is 0 Å². The third-order valence-electron chi connectivity index (χ3n) is 2.56. The molecule has 9 nitrogen and oxygen atoms in total. The Morgan fingerprint density at radius 3 is 2.65 bits per heavy atom. The van der Waals surface area contributed by atoms with Crippen molar-refractivity contribution in [2.75, 3.05) is 10.7 Å². The molecule has 0 fully saturated rings. The summed E-state index contributed by atoms with van der Waals surface area (Å²) in [5, 5.41) is 12.5. The Kier molecular flexibility index (Phi) is 4.43. The van der Waals surface area contributed by atoms with Gasteiger partial charge in [-0.15, -0.1) is 0 Å². The number of aliphatic hydroxyl groups is 1. The van der Waals surface area contributed by atoms with Crippen LogP contribution < -0.4 is 16.6 Å². The highest BCUT2D eigenvalue weighted by atomic mass is 16.3. The fourth-order valence-electron chi connectivity index (χ4n) is 1.78. The van der Waals surface area contributed by atoms with Gasteiger partial charge in [0, 0.05) is 18.4 Å². The van der Waals surface area contributed by atoms with Crippen molar-refractivity contribution in [1.29, 1.82) is 0 Å². The Morgan fingerprint density at radius 2 is 2.05 bits per heavy atom. The number of aliphatic hydroxyl groups excluding tert-OH is 1. The molecule has 5 N–H and O–H groups in total. The van der Waals surface area contributed by atoms with Gasteiger partial charge in [0.05, 0.1) is 6.10 Å². The number of imidazole rings is 1. The lowest BCUT2D eigenvalue weighted by Gasteiger charge is -2.16. The molecule has 2 aromatic rings. The number of hydrogen-bond acceptors (Lipinski definition) is 8. The maximum Gasteiger partial charge on any atom is 0.243 e. The SMILES string of the molecule is CC(O)CC(C)Nc1nc(NN)nc(-n2ccnc2)n1. The number of hydrogen-bond donors (Lipinski definition) is 4. The first kappa shape index (κ1) is 14.2. The molecule has 0 aromatic carbocycles. The van der Waals surface area contributed by atoms with E-state index in [0.717, 1.165) is 0 Å². The minimum Gasteiger partial charge on any atom is -0.393 e. The Bertz CT molecular complexity index is 541. The number of nitrogens with zero attached hydrogens (tertiary/aromatic N) is 5. The van der Waals surface area contributed by atoms with Gasteiger partial charge in [0.2, 0.25) is 17.8 Å². The van der Waals surface area contributed by atoms with Crippen molar-refractivity contribution in [3.63, 3.8) is 0 Å². The second kappa shape index (κ2) is 6.26. The molecule has 9 heteroatoms. The fourth-order valence-corrected chi connectivity index (χ4v) is 1.78. The zero-order valence-electron chi connectivity index (χ0n) is 11.4. The molecule has 2 unspecified atom stereocenters. The molecule has 0 saturated heterocycles. The van der Waals surface area contributed by atoms with Crippen LogP contribution >= 0.6 is 0 Å². The van der Waals surface area contributed by atoms with E-state index < -0.39 is 6.10 Å². The molecule has 2 rings (SSSR count). The molecule has 108 valence electrons. The molecule has 20 heavy (non-hydrogen) atoms. The summed E-state index contributed by atoms with van der Waals surface area (Å²) in [5.74, 6) is 6.38. The Morgan fingerprint density at radius 1 is 1.30 bits per heavy atom. The van der Waals surface area contributed by atoms with Gasteiger partial charge in [0.15, 0.2) is 0 Å². The predicted octanol–water partition coefficient (Wildman–Crippen LogP) is -0.0858. The zero-order chi connectivity index (χ0) is 14.5. The molecule has 2 heterocycles. The van der Waals surface area contributed by atoms with Crippen molar-refractivity contribution < 1.29 is 5.11 Å². The van der Waals surface area contributed by atoms with Gasteiger partial charge in [-0.05, 0) is 20.3 Å². The van der Waals surface area contributed by atoms with Crippen LogP contribution in [0.2, 0.25) is 0 Å². The number of rotatable bonds is 6. The maximum atomic E-state index is 9.37. The third-order valence-corrected chi connectivity index (χ3v) is 2.56. The van der Waals surface area contributed by atoms with Crippen molar-refractivity contribution in [3.05, 3.63) is 18.7 Å². The van der Waals surface area contributed by atoms with Gasteiger partial charge in [0.1, 0.15) is 6.33 Å². The molecule has 0 aliphatic carbocycles. The van der Waals surface area contributed by atoms with Crippen molar-refractivity contribution >= 4 is 11.9 Å². The Hall–Kier alpha value is -2.26. The highest BCUT2D eigenvalue weighted by Crippen LogP contribution is 2.11. The van der Waals surface area contributed by atoms with Gasteiger partial charge < -0.3 is 10.4 Å². The number of hydrazine groups is 1. The summed E-state index contributed by atoms with van der Waals surface area (Å²) in [6.45, 7) is 3.66. The number of nitrogens with one attached hydrogen (secondary N) is 2. The summed E-state index contributed by atoms with van der Waals surface area (Å²) >= 11 is 0. The molecule has 0 radical (unpaired) electrons. The van der Waals surface area contributed by atoms with Crippen LogP contribution in [0.15, 0.2) is 18.7 Å². The Labute approximate surface area is 116 Å². The van der Waals surface area contributed by atoms with E-state index in [9.17, 15) is 5.11 Å². The lowest BCUT2D eigenvalue weighted by Crippen LogP contribution is -2.23. The van der Waals surface area contributed by atoms with E-state index in [4.69, 9.17) is 5.84 Å². The topological polar surface area (TPSA) is 127 Å². The van der Waals surface area contributed by atoms with Crippen LogP contribution in [0.25, 0.3) is 5.95 Å².